The minimum Gasteiger partial charge on any atom is -0.308 e. The van der Waals surface area contributed by atoms with Gasteiger partial charge in [-0.1, -0.05) is 12.8 Å². The van der Waals surface area contributed by atoms with Gasteiger partial charge in [-0.15, -0.1) is 0 Å². The van der Waals surface area contributed by atoms with E-state index in [-0.39, 0.29) is 11.6 Å². The summed E-state index contributed by atoms with van der Waals surface area (Å²) in [6.07, 6.45) is 6.48. The summed E-state index contributed by atoms with van der Waals surface area (Å²) in [6.45, 7) is 3.52. The second-order valence-electron chi connectivity index (χ2n) is 5.95. The molecule has 6 heteroatoms. The molecule has 1 N–H and O–H groups in total. The molecule has 0 saturated heterocycles. The van der Waals surface area contributed by atoms with Crippen LogP contribution >= 0.6 is 0 Å². The summed E-state index contributed by atoms with van der Waals surface area (Å²) in [7, 11) is 0. The molecule has 6 nitrogen and oxygen atoms in total. The van der Waals surface area contributed by atoms with E-state index in [1.807, 2.05) is 16.2 Å². The fraction of sp³-hybridized carbons (Fsp3) is 0.643. The summed E-state index contributed by atoms with van der Waals surface area (Å²) in [5.41, 5.74) is 0.826. The maximum Gasteiger partial charge on any atom is 0.264 e. The van der Waals surface area contributed by atoms with E-state index in [4.69, 9.17) is 4.98 Å². The molecule has 2 aliphatic rings. The molecule has 0 radical (unpaired) electrons. The van der Waals surface area contributed by atoms with Crippen molar-refractivity contribution in [3.8, 4) is 0 Å². The summed E-state index contributed by atoms with van der Waals surface area (Å²) >= 11 is 0. The Hall–Kier alpha value is -1.69. The first-order chi connectivity index (χ1) is 9.75. The summed E-state index contributed by atoms with van der Waals surface area (Å²) < 4.78 is 3.79. The highest BCUT2D eigenvalue weighted by atomic mass is 16.1. The third kappa shape index (κ3) is 1.64. The van der Waals surface area contributed by atoms with E-state index in [1.54, 1.807) is 6.20 Å². The van der Waals surface area contributed by atoms with Crippen molar-refractivity contribution in [3.05, 3.63) is 22.4 Å². The number of hydrogen-bond donors (Lipinski definition) is 1. The maximum atomic E-state index is 12.7. The molecule has 0 aromatic carbocycles. The van der Waals surface area contributed by atoms with Gasteiger partial charge in [0.15, 0.2) is 5.65 Å². The Morgan fingerprint density at radius 1 is 1.35 bits per heavy atom. The van der Waals surface area contributed by atoms with Crippen LogP contribution in [0.4, 0.5) is 0 Å². The van der Waals surface area contributed by atoms with Gasteiger partial charge in [0.25, 0.3) is 5.56 Å². The van der Waals surface area contributed by atoms with Crippen LogP contribution in [0.25, 0.3) is 11.0 Å². The smallest absolute Gasteiger partial charge is 0.264 e. The van der Waals surface area contributed by atoms with Crippen LogP contribution in [0.15, 0.2) is 11.0 Å². The summed E-state index contributed by atoms with van der Waals surface area (Å²) in [5, 5.41) is 8.43. The van der Waals surface area contributed by atoms with Crippen LogP contribution in [-0.2, 0) is 6.54 Å². The van der Waals surface area contributed by atoms with Crippen molar-refractivity contribution >= 4 is 11.0 Å². The van der Waals surface area contributed by atoms with E-state index < -0.39 is 0 Å². The van der Waals surface area contributed by atoms with Gasteiger partial charge in [0.2, 0.25) is 0 Å². The number of nitrogens with zero attached hydrogens (tertiary/aromatic N) is 4. The van der Waals surface area contributed by atoms with E-state index in [2.05, 4.69) is 10.4 Å². The van der Waals surface area contributed by atoms with E-state index in [9.17, 15) is 4.79 Å². The largest absolute Gasteiger partial charge is 0.308 e. The lowest BCUT2D eigenvalue weighted by molar-refractivity contribution is 0.403. The SMILES string of the molecule is CC1CNCc2nc3c(cnn3C3CCCC3)c(=O)n21. The number of rotatable bonds is 1. The van der Waals surface area contributed by atoms with Crippen LogP contribution in [0.5, 0.6) is 0 Å². The van der Waals surface area contributed by atoms with Crippen molar-refractivity contribution in [1.82, 2.24) is 24.6 Å². The summed E-state index contributed by atoms with van der Waals surface area (Å²) in [4.78, 5) is 17.4. The molecule has 4 rings (SSSR count). The fourth-order valence-electron chi connectivity index (χ4n) is 3.52. The predicted octanol–water partition coefficient (Wildman–Crippen LogP) is 1.37. The second-order valence-corrected chi connectivity index (χ2v) is 5.95. The Balaban J connectivity index is 1.94. The van der Waals surface area contributed by atoms with Crippen molar-refractivity contribution in [1.29, 1.82) is 0 Å². The Kier molecular flexibility index (Phi) is 2.66. The Labute approximate surface area is 116 Å². The molecule has 1 aliphatic carbocycles. The van der Waals surface area contributed by atoms with Gasteiger partial charge in [0.1, 0.15) is 11.2 Å². The highest BCUT2D eigenvalue weighted by Gasteiger charge is 2.25. The molecule has 1 unspecified atom stereocenters. The van der Waals surface area contributed by atoms with E-state index >= 15 is 0 Å². The van der Waals surface area contributed by atoms with Gasteiger partial charge >= 0.3 is 0 Å². The fourth-order valence-corrected chi connectivity index (χ4v) is 3.52. The highest BCUT2D eigenvalue weighted by Crippen LogP contribution is 2.30. The first kappa shape index (κ1) is 12.1. The van der Waals surface area contributed by atoms with Crippen molar-refractivity contribution in [2.24, 2.45) is 0 Å². The zero-order valence-electron chi connectivity index (χ0n) is 11.7. The van der Waals surface area contributed by atoms with Crippen LogP contribution in [0.1, 0.15) is 50.5 Å². The van der Waals surface area contributed by atoms with Crippen LogP contribution < -0.4 is 10.9 Å². The standard InChI is InChI=1S/C14H19N5O/c1-9-6-15-8-12-17-13-11(14(20)18(9)12)7-16-19(13)10-4-2-3-5-10/h7,9-10,15H,2-6,8H2,1H3. The minimum absolute atomic E-state index is 0.0586. The van der Waals surface area contributed by atoms with Crippen LogP contribution in [0, 0.1) is 0 Å². The number of aromatic nitrogens is 4. The zero-order valence-corrected chi connectivity index (χ0v) is 11.7. The van der Waals surface area contributed by atoms with Crippen molar-refractivity contribution in [3.63, 3.8) is 0 Å². The molecule has 2 aromatic heterocycles. The molecule has 0 spiro atoms. The lowest BCUT2D eigenvalue weighted by Gasteiger charge is -2.25. The van der Waals surface area contributed by atoms with Crippen LogP contribution in [0.2, 0.25) is 0 Å². The first-order valence-electron chi connectivity index (χ1n) is 7.45. The minimum atomic E-state index is 0.0586. The van der Waals surface area contributed by atoms with Crippen LogP contribution in [-0.4, -0.2) is 25.9 Å². The second kappa shape index (κ2) is 4.41. The quantitative estimate of drug-likeness (QED) is 0.852. The van der Waals surface area contributed by atoms with Crippen LogP contribution in [0.3, 0.4) is 0 Å². The van der Waals surface area contributed by atoms with Gasteiger partial charge in [-0.2, -0.15) is 5.10 Å². The third-order valence-corrected chi connectivity index (χ3v) is 4.57. The van der Waals surface area contributed by atoms with E-state index in [0.717, 1.165) is 30.9 Å². The molecular formula is C14H19N5O. The Bertz CT molecular complexity index is 710. The summed E-state index contributed by atoms with van der Waals surface area (Å²) in [5.74, 6) is 0.834. The Morgan fingerprint density at radius 3 is 2.95 bits per heavy atom. The van der Waals surface area contributed by atoms with Crippen molar-refractivity contribution in [2.45, 2.75) is 51.2 Å². The molecule has 1 aliphatic heterocycles. The monoisotopic (exact) mass is 273 g/mol. The number of fused-ring (bicyclic) bond motifs is 2. The molecule has 106 valence electrons. The highest BCUT2D eigenvalue weighted by molar-refractivity contribution is 5.73. The van der Waals surface area contributed by atoms with Crippen molar-refractivity contribution in [2.75, 3.05) is 6.54 Å². The average molecular weight is 273 g/mol. The lowest BCUT2D eigenvalue weighted by Crippen LogP contribution is -2.39. The van der Waals surface area contributed by atoms with Gasteiger partial charge in [-0.05, 0) is 19.8 Å². The molecule has 1 atom stereocenters. The molecular weight excluding hydrogens is 254 g/mol. The summed E-state index contributed by atoms with van der Waals surface area (Å²) in [6, 6.07) is 0.564. The van der Waals surface area contributed by atoms with Gasteiger partial charge in [-0.25, -0.2) is 9.67 Å². The topological polar surface area (TPSA) is 64.7 Å². The molecule has 20 heavy (non-hydrogen) atoms. The molecule has 1 saturated carbocycles. The Morgan fingerprint density at radius 2 is 2.15 bits per heavy atom. The van der Waals surface area contributed by atoms with Gasteiger partial charge < -0.3 is 5.32 Å². The van der Waals surface area contributed by atoms with Crippen molar-refractivity contribution < 1.29 is 0 Å². The maximum absolute atomic E-state index is 12.7. The third-order valence-electron chi connectivity index (χ3n) is 4.57. The predicted molar refractivity (Wildman–Crippen MR) is 75.7 cm³/mol. The van der Waals surface area contributed by atoms with Gasteiger partial charge in [0.05, 0.1) is 18.8 Å². The van der Waals surface area contributed by atoms with E-state index in [0.29, 0.717) is 18.0 Å². The normalized spacial score (nSPS) is 23.4. The zero-order chi connectivity index (χ0) is 13.7. The van der Waals surface area contributed by atoms with Gasteiger partial charge in [-0.3, -0.25) is 9.36 Å². The average Bonchev–Trinajstić information content (AvgIpc) is 3.06. The number of hydrogen-bond acceptors (Lipinski definition) is 4. The molecule has 1 fully saturated rings. The molecule has 0 amide bonds. The number of nitrogens with one attached hydrogen (secondary N) is 1. The van der Waals surface area contributed by atoms with Gasteiger partial charge in [0, 0.05) is 12.6 Å². The molecule has 2 aromatic rings. The van der Waals surface area contributed by atoms with E-state index in [1.165, 1.54) is 12.8 Å². The first-order valence-corrected chi connectivity index (χ1v) is 7.45. The lowest BCUT2D eigenvalue weighted by atomic mass is 10.2. The molecule has 3 heterocycles. The molecule has 0 bridgehead atoms.